The van der Waals surface area contributed by atoms with Crippen molar-refractivity contribution in [3.63, 3.8) is 0 Å². The first-order chi connectivity index (χ1) is 17.5. The van der Waals surface area contributed by atoms with Gasteiger partial charge in [0.1, 0.15) is 5.82 Å². The molecule has 1 aliphatic heterocycles. The number of benzene rings is 1. The van der Waals surface area contributed by atoms with Crippen LogP contribution in [0, 0.1) is 24.6 Å². The fourth-order valence-corrected chi connectivity index (χ4v) is 4.24. The number of nitrogens with one attached hydrogen (secondary N) is 1. The van der Waals surface area contributed by atoms with Crippen LogP contribution in [0.2, 0.25) is 0 Å². The summed E-state index contributed by atoms with van der Waals surface area (Å²) in [5.41, 5.74) is 9.09. The number of anilines is 2. The molecular formula is C23H24ClFN10O. The Morgan fingerprint density at radius 3 is 2.75 bits per heavy atom. The molecule has 5 aromatic rings. The van der Waals surface area contributed by atoms with E-state index >= 15 is 0 Å². The van der Waals surface area contributed by atoms with Crippen molar-refractivity contribution in [2.75, 3.05) is 42.7 Å². The molecule has 36 heavy (non-hydrogen) atoms. The molecular weight excluding hydrogens is 487 g/mol. The Kier molecular flexibility index (Phi) is 6.58. The van der Waals surface area contributed by atoms with E-state index in [0.717, 1.165) is 42.6 Å². The fraction of sp³-hybridized carbons (Fsp3) is 0.348. The van der Waals surface area contributed by atoms with Crippen molar-refractivity contribution in [2.45, 2.75) is 20.4 Å². The number of rotatable bonds is 3. The van der Waals surface area contributed by atoms with Crippen LogP contribution >= 0.6 is 11.6 Å². The molecule has 1 aromatic carbocycles. The van der Waals surface area contributed by atoms with Crippen LogP contribution < -0.4 is 16.0 Å². The lowest BCUT2D eigenvalue weighted by molar-refractivity contribution is 0.448. The molecule has 1 fully saturated rings. The van der Waals surface area contributed by atoms with Crippen LogP contribution in [0.4, 0.5) is 16.0 Å². The van der Waals surface area contributed by atoms with Crippen LogP contribution in [0.3, 0.4) is 0 Å². The van der Waals surface area contributed by atoms with Crippen molar-refractivity contribution in [3.05, 3.63) is 35.7 Å². The Bertz CT molecular complexity index is 1610. The maximum Gasteiger partial charge on any atom is 0.226 e. The van der Waals surface area contributed by atoms with Gasteiger partial charge < -0.3 is 20.5 Å². The van der Waals surface area contributed by atoms with Gasteiger partial charge in [0.05, 0.1) is 29.5 Å². The molecule has 5 heterocycles. The molecule has 1 aliphatic rings. The molecule has 6 rings (SSSR count). The minimum absolute atomic E-state index is 0.240. The zero-order valence-electron chi connectivity index (χ0n) is 19.8. The van der Waals surface area contributed by atoms with Crippen LogP contribution in [-0.4, -0.2) is 66.6 Å². The lowest BCUT2D eigenvalue weighted by Gasteiger charge is -2.29. The van der Waals surface area contributed by atoms with E-state index in [1.165, 1.54) is 10.6 Å². The number of hydrogen-bond acceptors (Lipinski definition) is 9. The molecule has 0 bridgehead atoms. The van der Waals surface area contributed by atoms with Crippen molar-refractivity contribution in [2.24, 2.45) is 0 Å². The van der Waals surface area contributed by atoms with Crippen molar-refractivity contribution in [3.8, 4) is 11.8 Å². The van der Waals surface area contributed by atoms with E-state index < -0.39 is 0 Å². The first-order valence-corrected chi connectivity index (χ1v) is 11.9. The summed E-state index contributed by atoms with van der Waals surface area (Å²) in [6.07, 6.45) is 1.68. The van der Waals surface area contributed by atoms with Gasteiger partial charge in [-0.25, -0.2) is 9.07 Å². The van der Waals surface area contributed by atoms with Crippen molar-refractivity contribution < 1.29 is 8.91 Å². The van der Waals surface area contributed by atoms with Gasteiger partial charge in [-0.1, -0.05) is 11.1 Å². The van der Waals surface area contributed by atoms with E-state index in [2.05, 4.69) is 47.4 Å². The van der Waals surface area contributed by atoms with Gasteiger partial charge in [-0.3, -0.25) is 0 Å². The SMILES string of the molecule is CC#Cc1nc2c3cnn(CCCl)c3nc(N)n2n1.Cc1noc2cc(F)c(N3CCNCC3)cc12. The molecule has 0 unspecified atom stereocenters. The van der Waals surface area contributed by atoms with E-state index in [4.69, 9.17) is 21.9 Å². The number of nitrogens with two attached hydrogens (primary N) is 1. The first kappa shape index (κ1) is 23.8. The summed E-state index contributed by atoms with van der Waals surface area (Å²) in [7, 11) is 0. The minimum atomic E-state index is -0.240. The minimum Gasteiger partial charge on any atom is -0.368 e. The second-order valence-electron chi connectivity index (χ2n) is 8.11. The van der Waals surface area contributed by atoms with Crippen molar-refractivity contribution >= 4 is 50.9 Å². The monoisotopic (exact) mass is 510 g/mol. The smallest absolute Gasteiger partial charge is 0.226 e. The lowest BCUT2D eigenvalue weighted by Crippen LogP contribution is -2.43. The van der Waals surface area contributed by atoms with Crippen LogP contribution in [-0.2, 0) is 6.54 Å². The number of piperazine rings is 1. The highest BCUT2D eigenvalue weighted by Crippen LogP contribution is 2.28. The van der Waals surface area contributed by atoms with Gasteiger partial charge in [0.15, 0.2) is 16.9 Å². The van der Waals surface area contributed by atoms with Gasteiger partial charge in [-0.2, -0.15) is 19.6 Å². The summed E-state index contributed by atoms with van der Waals surface area (Å²) in [6, 6.07) is 3.26. The molecule has 0 saturated carbocycles. The van der Waals surface area contributed by atoms with Gasteiger partial charge >= 0.3 is 0 Å². The summed E-state index contributed by atoms with van der Waals surface area (Å²) in [6.45, 7) is 7.58. The predicted molar refractivity (Wildman–Crippen MR) is 136 cm³/mol. The summed E-state index contributed by atoms with van der Waals surface area (Å²) >= 11 is 5.73. The molecule has 0 radical (unpaired) electrons. The number of aryl methyl sites for hydroxylation is 2. The Hall–Kier alpha value is -3.95. The molecule has 0 amide bonds. The summed E-state index contributed by atoms with van der Waals surface area (Å²) < 4.78 is 22.2. The number of nitrogens with zero attached hydrogens (tertiary/aromatic N) is 8. The van der Waals surface area contributed by atoms with Crippen LogP contribution in [0.15, 0.2) is 22.9 Å². The van der Waals surface area contributed by atoms with Gasteiger partial charge in [-0.15, -0.1) is 16.7 Å². The largest absolute Gasteiger partial charge is 0.368 e. The highest BCUT2D eigenvalue weighted by molar-refractivity contribution is 6.17. The Labute approximate surface area is 210 Å². The van der Waals surface area contributed by atoms with E-state index in [0.29, 0.717) is 40.8 Å². The predicted octanol–water partition coefficient (Wildman–Crippen LogP) is 2.35. The average Bonchev–Trinajstić information content (AvgIpc) is 3.58. The zero-order chi connectivity index (χ0) is 25.2. The van der Waals surface area contributed by atoms with Gasteiger partial charge in [0.25, 0.3) is 0 Å². The van der Waals surface area contributed by atoms with Crippen molar-refractivity contribution in [1.29, 1.82) is 0 Å². The summed E-state index contributed by atoms with van der Waals surface area (Å²) in [5, 5.41) is 17.2. The van der Waals surface area contributed by atoms with Crippen molar-refractivity contribution in [1.82, 2.24) is 39.8 Å². The maximum atomic E-state index is 14.0. The highest BCUT2D eigenvalue weighted by atomic mass is 35.5. The van der Waals surface area contributed by atoms with Gasteiger partial charge in [0.2, 0.25) is 11.8 Å². The molecule has 4 aromatic heterocycles. The Morgan fingerprint density at radius 1 is 1.19 bits per heavy atom. The molecule has 3 N–H and O–H groups in total. The van der Waals surface area contributed by atoms with Crippen LogP contribution in [0.5, 0.6) is 0 Å². The van der Waals surface area contributed by atoms with E-state index in [-0.39, 0.29) is 11.8 Å². The summed E-state index contributed by atoms with van der Waals surface area (Å²) in [5.74, 6) is 6.41. The standard InChI is InChI=1S/C12H14FN3O.C11H10ClN7/c1-8-9-6-11(16-4-2-14-3-5-16)10(13)7-12(9)17-15-8;1-2-3-8-15-10-7-6-14-18(5-4-12)9(7)16-11(13)19(10)17-8/h6-7,14H,2-5H2,1H3;6H,4-5H2,1H3,(H2,13,16). The molecule has 186 valence electrons. The third-order valence-electron chi connectivity index (χ3n) is 5.81. The third-order valence-corrected chi connectivity index (χ3v) is 5.98. The number of fused-ring (bicyclic) bond motifs is 4. The first-order valence-electron chi connectivity index (χ1n) is 11.4. The highest BCUT2D eigenvalue weighted by Gasteiger charge is 2.18. The van der Waals surface area contributed by atoms with Crippen LogP contribution in [0.25, 0.3) is 27.6 Å². The molecule has 0 aliphatic carbocycles. The number of halogens is 2. The van der Waals surface area contributed by atoms with Crippen LogP contribution in [0.1, 0.15) is 18.4 Å². The number of aromatic nitrogens is 7. The molecule has 0 atom stereocenters. The second-order valence-corrected chi connectivity index (χ2v) is 8.49. The zero-order valence-corrected chi connectivity index (χ0v) is 20.5. The van der Waals surface area contributed by atoms with E-state index in [9.17, 15) is 4.39 Å². The molecule has 11 nitrogen and oxygen atoms in total. The second kappa shape index (κ2) is 9.96. The maximum absolute atomic E-state index is 14.0. The Balaban J connectivity index is 0.000000149. The van der Waals surface area contributed by atoms with E-state index in [1.807, 2.05) is 13.0 Å². The molecule has 1 saturated heterocycles. The third kappa shape index (κ3) is 4.38. The number of alkyl halides is 1. The average molecular weight is 511 g/mol. The number of hydrogen-bond donors (Lipinski definition) is 2. The fourth-order valence-electron chi connectivity index (χ4n) is 4.08. The Morgan fingerprint density at radius 2 is 2.00 bits per heavy atom. The number of nitrogen functional groups attached to an aromatic ring is 1. The van der Waals surface area contributed by atoms with Gasteiger partial charge in [0, 0.05) is 43.5 Å². The van der Waals surface area contributed by atoms with Gasteiger partial charge in [-0.05, 0) is 25.8 Å². The molecule has 13 heteroatoms. The topological polar surface area (TPSA) is 128 Å². The summed E-state index contributed by atoms with van der Waals surface area (Å²) in [4.78, 5) is 10.7. The normalized spacial score (nSPS) is 13.6. The lowest BCUT2D eigenvalue weighted by atomic mass is 10.1. The quantitative estimate of drug-likeness (QED) is 0.277. The molecule has 0 spiro atoms. The van der Waals surface area contributed by atoms with E-state index in [1.54, 1.807) is 17.8 Å².